The van der Waals surface area contributed by atoms with Crippen LogP contribution in [-0.2, 0) is 0 Å². The Balaban J connectivity index is 2.27. The average molecular weight is 265 g/mol. The van der Waals surface area contributed by atoms with Crippen LogP contribution in [0.1, 0.15) is 9.67 Å². The van der Waals surface area contributed by atoms with Crippen molar-refractivity contribution in [2.24, 2.45) is 0 Å². The smallest absolute Gasteiger partial charge is 0.185 e. The highest BCUT2D eigenvalue weighted by atomic mass is 32.2. The molecule has 0 fully saturated rings. The van der Waals surface area contributed by atoms with E-state index in [1.807, 2.05) is 34.9 Å². The summed E-state index contributed by atoms with van der Waals surface area (Å²) in [5.74, 6) is 0.745. The molecule has 2 aromatic rings. The summed E-state index contributed by atoms with van der Waals surface area (Å²) in [5, 5.41) is 1.01. The number of hydrogen-bond donors (Lipinski definition) is 0. The second-order valence-electron chi connectivity index (χ2n) is 3.39. The SMILES string of the molecule is O=C1CSc2c1sc(=S)n2-c1ccccc1. The number of rotatable bonds is 1. The Hall–Kier alpha value is -0.910. The molecule has 5 heteroatoms. The lowest BCUT2D eigenvalue weighted by Gasteiger charge is -2.04. The molecule has 3 rings (SSSR count). The number of carbonyl (C=O) groups is 1. The highest BCUT2D eigenvalue weighted by molar-refractivity contribution is 8.00. The average Bonchev–Trinajstić information content (AvgIpc) is 2.80. The van der Waals surface area contributed by atoms with Crippen molar-refractivity contribution < 1.29 is 4.79 Å². The van der Waals surface area contributed by atoms with Gasteiger partial charge in [-0.15, -0.1) is 11.3 Å². The fraction of sp³-hybridized carbons (Fsp3) is 0.0909. The highest BCUT2D eigenvalue weighted by Gasteiger charge is 2.26. The monoisotopic (exact) mass is 265 g/mol. The topological polar surface area (TPSA) is 22.0 Å². The van der Waals surface area contributed by atoms with Gasteiger partial charge in [0.05, 0.1) is 5.75 Å². The third-order valence-electron chi connectivity index (χ3n) is 2.38. The third-order valence-corrected chi connectivity index (χ3v) is 4.99. The lowest BCUT2D eigenvalue weighted by atomic mass is 10.3. The minimum absolute atomic E-state index is 0.200. The molecule has 0 spiro atoms. The molecule has 0 unspecified atom stereocenters. The van der Waals surface area contributed by atoms with Gasteiger partial charge in [0.15, 0.2) is 9.74 Å². The maximum absolute atomic E-state index is 11.6. The summed E-state index contributed by atoms with van der Waals surface area (Å²) in [6, 6.07) is 9.93. The Morgan fingerprint density at radius 2 is 2.00 bits per heavy atom. The molecular weight excluding hydrogens is 258 g/mol. The van der Waals surface area contributed by atoms with Gasteiger partial charge in [-0.05, 0) is 24.4 Å². The first-order chi connectivity index (χ1) is 7.77. The molecule has 1 aliphatic heterocycles. The largest absolute Gasteiger partial charge is 0.292 e. The predicted molar refractivity (Wildman–Crippen MR) is 69.5 cm³/mol. The lowest BCUT2D eigenvalue weighted by molar-refractivity contribution is 0.102. The van der Waals surface area contributed by atoms with Gasteiger partial charge in [0.2, 0.25) is 0 Å². The number of Topliss-reactive ketones (excluding diaryl/α,β-unsaturated/α-hetero) is 1. The van der Waals surface area contributed by atoms with E-state index >= 15 is 0 Å². The van der Waals surface area contributed by atoms with E-state index in [1.54, 1.807) is 11.8 Å². The maximum atomic E-state index is 11.6. The molecule has 0 saturated carbocycles. The van der Waals surface area contributed by atoms with Gasteiger partial charge in [-0.3, -0.25) is 9.36 Å². The predicted octanol–water partition coefficient (Wildman–Crippen LogP) is 3.56. The van der Waals surface area contributed by atoms with Gasteiger partial charge in [0, 0.05) is 5.69 Å². The quantitative estimate of drug-likeness (QED) is 0.736. The number of benzene rings is 1. The van der Waals surface area contributed by atoms with Gasteiger partial charge in [-0.1, -0.05) is 30.0 Å². The zero-order chi connectivity index (χ0) is 11.1. The Bertz CT molecular complexity index is 612. The molecule has 1 aliphatic rings. The molecule has 1 aromatic carbocycles. The highest BCUT2D eigenvalue weighted by Crippen LogP contribution is 2.37. The van der Waals surface area contributed by atoms with Crippen LogP contribution in [-0.4, -0.2) is 16.1 Å². The lowest BCUT2D eigenvalue weighted by Crippen LogP contribution is -1.94. The molecule has 0 atom stereocenters. The number of para-hydroxylation sites is 1. The van der Waals surface area contributed by atoms with E-state index in [0.29, 0.717) is 5.75 Å². The summed E-state index contributed by atoms with van der Waals surface area (Å²) >= 11 is 8.30. The van der Waals surface area contributed by atoms with Gasteiger partial charge >= 0.3 is 0 Å². The maximum Gasteiger partial charge on any atom is 0.185 e. The van der Waals surface area contributed by atoms with E-state index < -0.39 is 0 Å². The molecular formula is C11H7NOS3. The van der Waals surface area contributed by atoms with Crippen molar-refractivity contribution in [3.05, 3.63) is 39.2 Å². The Morgan fingerprint density at radius 3 is 2.75 bits per heavy atom. The molecule has 0 radical (unpaired) electrons. The fourth-order valence-corrected chi connectivity index (χ4v) is 4.43. The minimum atomic E-state index is 0.200. The summed E-state index contributed by atoms with van der Waals surface area (Å²) in [4.78, 5) is 12.4. The van der Waals surface area contributed by atoms with Crippen LogP contribution in [0.5, 0.6) is 0 Å². The van der Waals surface area contributed by atoms with E-state index in [-0.39, 0.29) is 5.78 Å². The second-order valence-corrected chi connectivity index (χ2v) is 5.99. The Morgan fingerprint density at radius 1 is 1.25 bits per heavy atom. The first-order valence-corrected chi connectivity index (χ1v) is 6.95. The van der Waals surface area contributed by atoms with Crippen LogP contribution < -0.4 is 0 Å². The second kappa shape index (κ2) is 3.84. The Labute approximate surface area is 106 Å². The van der Waals surface area contributed by atoms with Gasteiger partial charge in [0.1, 0.15) is 9.90 Å². The molecule has 0 bridgehead atoms. The van der Waals surface area contributed by atoms with Gasteiger partial charge in [0.25, 0.3) is 0 Å². The van der Waals surface area contributed by atoms with Crippen molar-refractivity contribution in [3.63, 3.8) is 0 Å². The van der Waals surface area contributed by atoms with E-state index in [1.165, 1.54) is 11.3 Å². The Kier molecular flexibility index (Phi) is 2.46. The van der Waals surface area contributed by atoms with Crippen LogP contribution in [0.4, 0.5) is 0 Å². The summed E-state index contributed by atoms with van der Waals surface area (Å²) in [7, 11) is 0. The van der Waals surface area contributed by atoms with E-state index in [2.05, 4.69) is 0 Å². The molecule has 80 valence electrons. The fourth-order valence-electron chi connectivity index (χ4n) is 1.67. The first kappa shape index (κ1) is 10.3. The van der Waals surface area contributed by atoms with E-state index in [9.17, 15) is 4.79 Å². The summed E-state index contributed by atoms with van der Waals surface area (Å²) in [5.41, 5.74) is 1.03. The number of ketones is 1. The van der Waals surface area contributed by atoms with Crippen LogP contribution in [0, 0.1) is 3.95 Å². The van der Waals surface area contributed by atoms with Crippen LogP contribution in [0.25, 0.3) is 5.69 Å². The number of fused-ring (bicyclic) bond motifs is 1. The zero-order valence-electron chi connectivity index (χ0n) is 8.17. The number of nitrogens with zero attached hydrogens (tertiary/aromatic N) is 1. The van der Waals surface area contributed by atoms with Crippen molar-refractivity contribution in [1.82, 2.24) is 4.57 Å². The van der Waals surface area contributed by atoms with Crippen LogP contribution in [0.3, 0.4) is 0 Å². The van der Waals surface area contributed by atoms with E-state index in [4.69, 9.17) is 12.2 Å². The summed E-state index contributed by atoms with van der Waals surface area (Å²) in [6.45, 7) is 0. The molecule has 0 N–H and O–H groups in total. The van der Waals surface area contributed by atoms with Crippen molar-refractivity contribution in [3.8, 4) is 5.69 Å². The minimum Gasteiger partial charge on any atom is -0.292 e. The molecule has 2 heterocycles. The van der Waals surface area contributed by atoms with Gasteiger partial charge in [-0.25, -0.2) is 0 Å². The number of thiazole rings is 1. The third kappa shape index (κ3) is 1.47. The van der Waals surface area contributed by atoms with Crippen molar-refractivity contribution in [1.29, 1.82) is 0 Å². The van der Waals surface area contributed by atoms with E-state index in [0.717, 1.165) is 19.5 Å². The number of thioether (sulfide) groups is 1. The summed E-state index contributed by atoms with van der Waals surface area (Å²) in [6.07, 6.45) is 0. The van der Waals surface area contributed by atoms with Crippen molar-refractivity contribution in [2.45, 2.75) is 5.03 Å². The zero-order valence-corrected chi connectivity index (χ0v) is 10.6. The molecule has 2 nitrogen and oxygen atoms in total. The molecule has 0 saturated heterocycles. The first-order valence-electron chi connectivity index (χ1n) is 4.74. The molecule has 16 heavy (non-hydrogen) atoms. The van der Waals surface area contributed by atoms with Crippen molar-refractivity contribution in [2.75, 3.05) is 5.75 Å². The number of aromatic nitrogens is 1. The standard InChI is InChI=1S/C11H7NOS3/c13-8-6-15-10-9(8)16-11(14)12(10)7-4-2-1-3-5-7/h1-5H,6H2. The molecule has 0 aliphatic carbocycles. The molecule has 0 amide bonds. The number of hydrogen-bond acceptors (Lipinski definition) is 4. The van der Waals surface area contributed by atoms with Gasteiger partial charge < -0.3 is 0 Å². The molecule has 1 aromatic heterocycles. The van der Waals surface area contributed by atoms with Crippen LogP contribution in [0.2, 0.25) is 0 Å². The van der Waals surface area contributed by atoms with Crippen LogP contribution >= 0.6 is 35.3 Å². The van der Waals surface area contributed by atoms with Crippen molar-refractivity contribution >= 4 is 41.1 Å². The summed E-state index contributed by atoms with van der Waals surface area (Å²) < 4.78 is 2.74. The normalized spacial score (nSPS) is 14.1. The number of carbonyl (C=O) groups excluding carboxylic acids is 1. The van der Waals surface area contributed by atoms with Crippen LogP contribution in [0.15, 0.2) is 35.4 Å². The van der Waals surface area contributed by atoms with Gasteiger partial charge in [-0.2, -0.15) is 0 Å².